The lowest BCUT2D eigenvalue weighted by Gasteiger charge is -1.97. The third kappa shape index (κ3) is 9.78. The zero-order valence-corrected chi connectivity index (χ0v) is 10.4. The summed E-state index contributed by atoms with van der Waals surface area (Å²) in [6.45, 7) is 2.60. The van der Waals surface area contributed by atoms with Gasteiger partial charge < -0.3 is 4.74 Å². The number of carbonyl (C=O) groups is 1. The van der Waals surface area contributed by atoms with Gasteiger partial charge in [0, 0.05) is 0 Å². The fraction of sp³-hybridized carbons (Fsp3) is 0.727. The predicted octanol–water partition coefficient (Wildman–Crippen LogP) is 3.45. The van der Waals surface area contributed by atoms with E-state index in [1.165, 1.54) is 25.7 Å². The van der Waals surface area contributed by atoms with Crippen LogP contribution in [0.15, 0.2) is 12.2 Å². The van der Waals surface area contributed by atoms with E-state index in [9.17, 15) is 4.79 Å². The van der Waals surface area contributed by atoms with Gasteiger partial charge in [0.2, 0.25) is 0 Å². The van der Waals surface area contributed by atoms with Crippen molar-refractivity contribution in [1.82, 2.24) is 0 Å². The highest BCUT2D eigenvalue weighted by atomic mass is 79.9. The normalized spacial score (nSPS) is 10.7. The molecule has 0 aliphatic heterocycles. The number of allylic oxidation sites excluding steroid dienone is 1. The first kappa shape index (κ1) is 13.7. The van der Waals surface area contributed by atoms with Crippen LogP contribution in [0.2, 0.25) is 0 Å². The number of hydrogen-bond acceptors (Lipinski definition) is 2. The molecule has 0 aromatic rings. The van der Waals surface area contributed by atoms with Gasteiger partial charge in [0.15, 0.2) is 0 Å². The molecule has 0 atom stereocenters. The highest BCUT2D eigenvalue weighted by Crippen LogP contribution is 2.02. The van der Waals surface area contributed by atoms with Crippen molar-refractivity contribution in [2.45, 2.75) is 39.0 Å². The molecule has 14 heavy (non-hydrogen) atoms. The molecule has 0 aromatic carbocycles. The Morgan fingerprint density at radius 3 is 2.71 bits per heavy atom. The molecule has 0 heterocycles. The average Bonchev–Trinajstić information content (AvgIpc) is 2.21. The summed E-state index contributed by atoms with van der Waals surface area (Å²) >= 11 is 3.03. The van der Waals surface area contributed by atoms with Crippen LogP contribution in [0.1, 0.15) is 39.0 Å². The van der Waals surface area contributed by atoms with Crippen LogP contribution < -0.4 is 0 Å². The third-order valence-corrected chi connectivity index (χ3v) is 2.30. The van der Waals surface area contributed by atoms with Crippen LogP contribution in [-0.2, 0) is 9.53 Å². The Kier molecular flexibility index (Phi) is 10.5. The number of unbranched alkanes of at least 4 members (excludes halogenated alkanes) is 4. The minimum absolute atomic E-state index is 0.208. The maximum atomic E-state index is 10.7. The number of alkyl halides is 1. The lowest BCUT2D eigenvalue weighted by atomic mass is 10.1. The molecule has 2 nitrogen and oxygen atoms in total. The van der Waals surface area contributed by atoms with Crippen molar-refractivity contribution in [2.24, 2.45) is 0 Å². The average molecular weight is 263 g/mol. The van der Waals surface area contributed by atoms with Crippen LogP contribution in [0.3, 0.4) is 0 Å². The molecular formula is C11H19BrO2. The fourth-order valence-electron chi connectivity index (χ4n) is 1.05. The van der Waals surface area contributed by atoms with E-state index in [0.29, 0.717) is 6.61 Å². The second-order valence-corrected chi connectivity index (χ2v) is 3.70. The molecule has 0 aliphatic rings. The number of halogens is 1. The molecule has 82 valence electrons. The van der Waals surface area contributed by atoms with Gasteiger partial charge in [-0.2, -0.15) is 0 Å². The molecule has 0 aliphatic carbocycles. The van der Waals surface area contributed by atoms with Crippen LogP contribution in [0.4, 0.5) is 0 Å². The van der Waals surface area contributed by atoms with Crippen LogP contribution >= 0.6 is 15.9 Å². The van der Waals surface area contributed by atoms with Crippen LogP contribution in [0, 0.1) is 0 Å². The van der Waals surface area contributed by atoms with Gasteiger partial charge in [-0.25, -0.2) is 0 Å². The summed E-state index contributed by atoms with van der Waals surface area (Å²) < 4.78 is 4.85. The van der Waals surface area contributed by atoms with Gasteiger partial charge in [-0.3, -0.25) is 4.79 Å². The Balaban J connectivity index is 3.15. The van der Waals surface area contributed by atoms with Gasteiger partial charge in [0.1, 0.15) is 11.9 Å². The van der Waals surface area contributed by atoms with Gasteiger partial charge >= 0.3 is 5.97 Å². The second-order valence-electron chi connectivity index (χ2n) is 3.14. The number of rotatable bonds is 8. The smallest absolute Gasteiger partial charge is 0.316 e. The predicted molar refractivity (Wildman–Crippen MR) is 62.7 cm³/mol. The van der Waals surface area contributed by atoms with E-state index < -0.39 is 0 Å². The molecule has 0 radical (unpaired) electrons. The Hall–Kier alpha value is -0.310. The maximum absolute atomic E-state index is 10.7. The SMILES string of the molecule is CCCCCC/C=C\COC(=O)CBr. The standard InChI is InChI=1S/C11H19BrO2/c1-2-3-4-5-6-7-8-9-14-11(13)10-12/h7-8H,2-6,9-10H2,1H3/b8-7-. The zero-order chi connectivity index (χ0) is 10.6. The largest absolute Gasteiger partial charge is 0.461 e. The third-order valence-electron chi connectivity index (χ3n) is 1.84. The van der Waals surface area contributed by atoms with Gasteiger partial charge in [0.05, 0.1) is 0 Å². The number of carbonyl (C=O) groups excluding carboxylic acids is 1. The van der Waals surface area contributed by atoms with Crippen LogP contribution in [-0.4, -0.2) is 17.9 Å². The summed E-state index contributed by atoms with van der Waals surface area (Å²) in [5.74, 6) is -0.208. The molecule has 0 bridgehead atoms. The van der Waals surface area contributed by atoms with Crippen molar-refractivity contribution in [3.8, 4) is 0 Å². The Labute approximate surface area is 94.8 Å². The van der Waals surface area contributed by atoms with Crippen molar-refractivity contribution in [3.05, 3.63) is 12.2 Å². The van der Waals surface area contributed by atoms with E-state index in [2.05, 4.69) is 28.9 Å². The lowest BCUT2D eigenvalue weighted by molar-refractivity contribution is -0.139. The van der Waals surface area contributed by atoms with E-state index in [0.717, 1.165) is 6.42 Å². The summed E-state index contributed by atoms with van der Waals surface area (Å²) in [4.78, 5) is 10.7. The molecule has 0 saturated carbocycles. The van der Waals surface area contributed by atoms with E-state index in [4.69, 9.17) is 4.74 Å². The van der Waals surface area contributed by atoms with Crippen molar-refractivity contribution in [3.63, 3.8) is 0 Å². The summed E-state index contributed by atoms with van der Waals surface area (Å²) in [5.41, 5.74) is 0. The van der Waals surface area contributed by atoms with E-state index in [1.54, 1.807) is 0 Å². The Bertz CT molecular complexity index is 167. The van der Waals surface area contributed by atoms with Gasteiger partial charge in [-0.15, -0.1) is 0 Å². The first-order valence-electron chi connectivity index (χ1n) is 5.17. The summed E-state index contributed by atoms with van der Waals surface area (Å²) in [7, 11) is 0. The summed E-state index contributed by atoms with van der Waals surface area (Å²) in [5, 5.41) is 0.275. The second kappa shape index (κ2) is 10.8. The van der Waals surface area contributed by atoms with Crippen LogP contribution in [0.25, 0.3) is 0 Å². The van der Waals surface area contributed by atoms with E-state index >= 15 is 0 Å². The molecule has 0 unspecified atom stereocenters. The fourth-order valence-corrected chi connectivity index (χ4v) is 1.22. The zero-order valence-electron chi connectivity index (χ0n) is 8.80. The number of esters is 1. The Morgan fingerprint density at radius 2 is 2.07 bits per heavy atom. The molecular weight excluding hydrogens is 244 g/mol. The minimum Gasteiger partial charge on any atom is -0.461 e. The molecule has 0 aromatic heterocycles. The van der Waals surface area contributed by atoms with Crippen LogP contribution in [0.5, 0.6) is 0 Å². The van der Waals surface area contributed by atoms with Gasteiger partial charge in [-0.05, 0) is 12.8 Å². The highest BCUT2D eigenvalue weighted by molar-refractivity contribution is 9.09. The lowest BCUT2D eigenvalue weighted by Crippen LogP contribution is -2.04. The van der Waals surface area contributed by atoms with E-state index in [-0.39, 0.29) is 11.3 Å². The number of hydrogen-bond donors (Lipinski definition) is 0. The van der Waals surface area contributed by atoms with Crippen molar-refractivity contribution in [1.29, 1.82) is 0 Å². The molecule has 0 saturated heterocycles. The highest BCUT2D eigenvalue weighted by Gasteiger charge is 1.94. The first-order valence-corrected chi connectivity index (χ1v) is 6.30. The summed E-state index contributed by atoms with van der Waals surface area (Å²) in [6.07, 6.45) is 10.2. The Morgan fingerprint density at radius 1 is 1.29 bits per heavy atom. The van der Waals surface area contributed by atoms with Gasteiger partial charge in [-0.1, -0.05) is 54.3 Å². The number of ether oxygens (including phenoxy) is 1. The summed E-state index contributed by atoms with van der Waals surface area (Å²) in [6, 6.07) is 0. The quantitative estimate of drug-likeness (QED) is 0.290. The monoisotopic (exact) mass is 262 g/mol. The molecule has 0 spiro atoms. The molecule has 3 heteroatoms. The molecule has 0 amide bonds. The minimum atomic E-state index is -0.208. The maximum Gasteiger partial charge on any atom is 0.316 e. The molecule has 0 rings (SSSR count). The van der Waals surface area contributed by atoms with Gasteiger partial charge in [0.25, 0.3) is 0 Å². The van der Waals surface area contributed by atoms with Crippen molar-refractivity contribution < 1.29 is 9.53 Å². The molecule has 0 N–H and O–H groups in total. The van der Waals surface area contributed by atoms with E-state index in [1.807, 2.05) is 6.08 Å². The van der Waals surface area contributed by atoms with Crippen molar-refractivity contribution in [2.75, 3.05) is 11.9 Å². The topological polar surface area (TPSA) is 26.3 Å². The first-order chi connectivity index (χ1) is 6.81. The van der Waals surface area contributed by atoms with Crippen molar-refractivity contribution >= 4 is 21.9 Å². The molecule has 0 fully saturated rings.